The first kappa shape index (κ1) is 14.8. The van der Waals surface area contributed by atoms with E-state index in [1.807, 2.05) is 25.8 Å². The van der Waals surface area contributed by atoms with Crippen molar-refractivity contribution in [3.63, 3.8) is 0 Å². The summed E-state index contributed by atoms with van der Waals surface area (Å²) < 4.78 is 0. The molecule has 0 N–H and O–H groups in total. The van der Waals surface area contributed by atoms with Gasteiger partial charge in [0.1, 0.15) is 0 Å². The molecule has 1 heterocycles. The molecule has 110 valence electrons. The average Bonchev–Trinajstić information content (AvgIpc) is 2.39. The third-order valence-corrected chi connectivity index (χ3v) is 4.19. The number of hydroxylamine groups is 2. The molecular formula is C15H28N2O2. The molecule has 2 aliphatic rings. The molecule has 0 unspecified atom stereocenters. The van der Waals surface area contributed by atoms with Crippen LogP contribution in [0.5, 0.6) is 0 Å². The van der Waals surface area contributed by atoms with E-state index in [1.165, 1.54) is 32.1 Å². The van der Waals surface area contributed by atoms with E-state index in [0.717, 1.165) is 32.2 Å². The van der Waals surface area contributed by atoms with Crippen molar-refractivity contribution in [2.24, 2.45) is 5.41 Å². The fourth-order valence-electron chi connectivity index (χ4n) is 2.86. The largest absolute Gasteiger partial charge is 0.367 e. The molecule has 2 rings (SSSR count). The SMILES string of the molecule is CC(C)(C)C(=O)ON1CCN(C2CCCCC2)CC1. The van der Waals surface area contributed by atoms with Crippen LogP contribution in [-0.2, 0) is 9.63 Å². The second-order valence-corrected chi connectivity index (χ2v) is 6.89. The normalized spacial score (nSPS) is 24.4. The van der Waals surface area contributed by atoms with Gasteiger partial charge in [0.15, 0.2) is 0 Å². The molecule has 0 atom stereocenters. The molecule has 1 aliphatic heterocycles. The molecule has 1 saturated heterocycles. The number of piperazine rings is 1. The van der Waals surface area contributed by atoms with E-state index in [2.05, 4.69) is 4.90 Å². The van der Waals surface area contributed by atoms with Crippen LogP contribution in [0.15, 0.2) is 0 Å². The second-order valence-electron chi connectivity index (χ2n) is 6.89. The minimum absolute atomic E-state index is 0.126. The van der Waals surface area contributed by atoms with Crippen LogP contribution in [0, 0.1) is 5.41 Å². The molecule has 4 heteroatoms. The Balaban J connectivity index is 1.74. The van der Waals surface area contributed by atoms with E-state index in [-0.39, 0.29) is 5.97 Å². The van der Waals surface area contributed by atoms with Gasteiger partial charge < -0.3 is 4.84 Å². The van der Waals surface area contributed by atoms with Crippen LogP contribution in [0.1, 0.15) is 52.9 Å². The zero-order valence-electron chi connectivity index (χ0n) is 12.7. The lowest BCUT2D eigenvalue weighted by atomic mass is 9.94. The van der Waals surface area contributed by atoms with Crippen LogP contribution >= 0.6 is 0 Å². The zero-order chi connectivity index (χ0) is 13.9. The highest BCUT2D eigenvalue weighted by molar-refractivity contribution is 5.75. The van der Waals surface area contributed by atoms with Crippen LogP contribution in [0.25, 0.3) is 0 Å². The van der Waals surface area contributed by atoms with Crippen LogP contribution < -0.4 is 0 Å². The van der Waals surface area contributed by atoms with Crippen LogP contribution in [-0.4, -0.2) is 48.2 Å². The van der Waals surface area contributed by atoms with E-state index in [1.54, 1.807) is 0 Å². The molecule has 19 heavy (non-hydrogen) atoms. The quantitative estimate of drug-likeness (QED) is 0.770. The van der Waals surface area contributed by atoms with Crippen molar-refractivity contribution in [2.75, 3.05) is 26.2 Å². The Bertz CT molecular complexity index is 298. The Kier molecular flexibility index (Phi) is 4.85. The van der Waals surface area contributed by atoms with E-state index >= 15 is 0 Å². The Morgan fingerprint density at radius 2 is 1.58 bits per heavy atom. The molecule has 1 aliphatic carbocycles. The fraction of sp³-hybridized carbons (Fsp3) is 0.933. The van der Waals surface area contributed by atoms with Crippen molar-refractivity contribution in [1.82, 2.24) is 9.96 Å². The summed E-state index contributed by atoms with van der Waals surface area (Å²) >= 11 is 0. The molecule has 0 aromatic heterocycles. The third kappa shape index (κ3) is 4.18. The Hall–Kier alpha value is -0.610. The van der Waals surface area contributed by atoms with Crippen molar-refractivity contribution in [1.29, 1.82) is 0 Å². The van der Waals surface area contributed by atoms with E-state index < -0.39 is 5.41 Å². The average molecular weight is 268 g/mol. The van der Waals surface area contributed by atoms with Crippen molar-refractivity contribution < 1.29 is 9.63 Å². The predicted octanol–water partition coefficient (Wildman–Crippen LogP) is 2.44. The molecule has 0 aromatic carbocycles. The maximum absolute atomic E-state index is 11.8. The molecule has 0 radical (unpaired) electrons. The highest BCUT2D eigenvalue weighted by Crippen LogP contribution is 2.24. The number of carbonyl (C=O) groups excluding carboxylic acids is 1. The van der Waals surface area contributed by atoms with Gasteiger partial charge in [0.25, 0.3) is 0 Å². The Labute approximate surface area is 117 Å². The summed E-state index contributed by atoms with van der Waals surface area (Å²) in [6.07, 6.45) is 6.86. The predicted molar refractivity (Wildman–Crippen MR) is 75.6 cm³/mol. The molecule has 2 fully saturated rings. The van der Waals surface area contributed by atoms with Gasteiger partial charge in [0.2, 0.25) is 0 Å². The minimum Gasteiger partial charge on any atom is -0.367 e. The van der Waals surface area contributed by atoms with Gasteiger partial charge in [0, 0.05) is 32.2 Å². The standard InChI is InChI=1S/C15H28N2O2/c1-15(2,3)14(18)19-17-11-9-16(10-12-17)13-7-5-4-6-8-13/h13H,4-12H2,1-3H3. The Morgan fingerprint density at radius 3 is 2.11 bits per heavy atom. The topological polar surface area (TPSA) is 32.8 Å². The minimum atomic E-state index is -0.416. The van der Waals surface area contributed by atoms with Gasteiger partial charge in [-0.05, 0) is 33.6 Å². The molecule has 0 bridgehead atoms. The van der Waals surface area contributed by atoms with Crippen molar-refractivity contribution in [3.8, 4) is 0 Å². The lowest BCUT2D eigenvalue weighted by Crippen LogP contribution is -2.51. The summed E-state index contributed by atoms with van der Waals surface area (Å²) in [5, 5.41) is 1.84. The number of rotatable bonds is 2. The molecule has 0 amide bonds. The van der Waals surface area contributed by atoms with E-state index in [0.29, 0.717) is 0 Å². The number of hydrogen-bond donors (Lipinski definition) is 0. The number of hydrogen-bond acceptors (Lipinski definition) is 4. The van der Waals surface area contributed by atoms with Crippen LogP contribution in [0.2, 0.25) is 0 Å². The zero-order valence-corrected chi connectivity index (χ0v) is 12.7. The summed E-state index contributed by atoms with van der Waals surface area (Å²) in [6.45, 7) is 9.44. The summed E-state index contributed by atoms with van der Waals surface area (Å²) in [7, 11) is 0. The molecule has 1 saturated carbocycles. The summed E-state index contributed by atoms with van der Waals surface area (Å²) in [5.41, 5.74) is -0.416. The molecule has 0 aromatic rings. The van der Waals surface area contributed by atoms with E-state index in [4.69, 9.17) is 4.84 Å². The third-order valence-electron chi connectivity index (χ3n) is 4.19. The van der Waals surface area contributed by atoms with Gasteiger partial charge in [0.05, 0.1) is 5.41 Å². The first-order valence-corrected chi connectivity index (χ1v) is 7.68. The summed E-state index contributed by atoms with van der Waals surface area (Å²) in [6, 6.07) is 0.772. The summed E-state index contributed by atoms with van der Waals surface area (Å²) in [5.74, 6) is -0.126. The maximum Gasteiger partial charge on any atom is 0.330 e. The van der Waals surface area contributed by atoms with Gasteiger partial charge in [-0.15, -0.1) is 5.06 Å². The molecule has 0 spiro atoms. The monoisotopic (exact) mass is 268 g/mol. The highest BCUT2D eigenvalue weighted by Gasteiger charge is 2.29. The second kappa shape index (κ2) is 6.23. The van der Waals surface area contributed by atoms with Gasteiger partial charge >= 0.3 is 5.97 Å². The smallest absolute Gasteiger partial charge is 0.330 e. The molecule has 4 nitrogen and oxygen atoms in total. The van der Waals surface area contributed by atoms with Gasteiger partial charge in [-0.3, -0.25) is 4.90 Å². The lowest BCUT2D eigenvalue weighted by molar-refractivity contribution is -0.208. The number of nitrogens with zero attached hydrogens (tertiary/aromatic N) is 2. The highest BCUT2D eigenvalue weighted by atomic mass is 16.7. The summed E-state index contributed by atoms with van der Waals surface area (Å²) in [4.78, 5) is 19.9. The van der Waals surface area contributed by atoms with Crippen molar-refractivity contribution in [3.05, 3.63) is 0 Å². The van der Waals surface area contributed by atoms with Crippen molar-refractivity contribution >= 4 is 5.97 Å². The fourth-order valence-corrected chi connectivity index (χ4v) is 2.86. The van der Waals surface area contributed by atoms with Gasteiger partial charge in [-0.2, -0.15) is 0 Å². The molecular weight excluding hydrogens is 240 g/mol. The van der Waals surface area contributed by atoms with Crippen LogP contribution in [0.4, 0.5) is 0 Å². The first-order chi connectivity index (χ1) is 8.97. The number of carbonyl (C=O) groups is 1. The van der Waals surface area contributed by atoms with Crippen molar-refractivity contribution in [2.45, 2.75) is 58.9 Å². The maximum atomic E-state index is 11.8. The van der Waals surface area contributed by atoms with E-state index in [9.17, 15) is 4.79 Å². The van der Waals surface area contributed by atoms with Crippen LogP contribution in [0.3, 0.4) is 0 Å². The first-order valence-electron chi connectivity index (χ1n) is 7.68. The lowest BCUT2D eigenvalue weighted by Gasteiger charge is -2.40. The Morgan fingerprint density at radius 1 is 1.00 bits per heavy atom. The van der Waals surface area contributed by atoms with Gasteiger partial charge in [-0.1, -0.05) is 19.3 Å². The van der Waals surface area contributed by atoms with Gasteiger partial charge in [-0.25, -0.2) is 4.79 Å².